The largest absolute Gasteiger partial charge is 0.509 e. The maximum atomic E-state index is 7.08. The summed E-state index contributed by atoms with van der Waals surface area (Å²) in [7, 11) is 0. The average Bonchev–Trinajstić information content (AvgIpc) is 3.36. The molecule has 394 valence electrons. The van der Waals surface area contributed by atoms with Crippen LogP contribution in [0.3, 0.4) is 0 Å². The second-order valence-corrected chi connectivity index (χ2v) is 24.9. The molecular formula is C72H61N4OPtS-3. The first kappa shape index (κ1) is 52.0. The SMILES string of the molecule is CC(C)(C)c1cc(-c2cccc(-c3ccccc3)c2N2[CH-]N(c3[c-]c(Oc4[c-]c5c(cc4)c4sc6ccc7ccccc7c6c4n5-c4cc(C(C)(C)C)ccn4)cc(-c4ccccc4)c3)c3ccccc32)cc(C(C)(C)C)c1.[Pt]. The summed E-state index contributed by atoms with van der Waals surface area (Å²) in [5.74, 6) is 2.02. The molecule has 9 aromatic carbocycles. The summed E-state index contributed by atoms with van der Waals surface area (Å²) in [6.45, 7) is 22.9. The molecule has 5 nitrogen and oxygen atoms in total. The summed E-state index contributed by atoms with van der Waals surface area (Å²) in [4.78, 5) is 9.73. The first-order chi connectivity index (χ1) is 37.5. The zero-order valence-electron chi connectivity index (χ0n) is 46.1. The smallest absolute Gasteiger partial charge is 0.135 e. The number of thiophene rings is 1. The van der Waals surface area contributed by atoms with Crippen molar-refractivity contribution in [2.45, 2.75) is 78.6 Å². The zero-order valence-corrected chi connectivity index (χ0v) is 49.1. The standard InChI is InChI=1S/C72H61N4OS.Pt/c1-70(2,3)51-35-36-73-65(42-51)76-63-44-55(32-33-60(63)69-68(76)66-57-26-17-16-25-48(57)31-34-64(66)78-69)77-56-40-49(46-21-12-10-13-22-46)39-54(43-56)74-45-75(62-30-19-18-29-61(62)74)67-58(47-23-14-11-15-24-47)27-20-28-59(67)50-37-52(71(4,5)6)41-53(38-50)72(7,8)9;/h10-42,45H,1-9H3;/q-3;. The van der Waals surface area contributed by atoms with Gasteiger partial charge in [0.15, 0.2) is 0 Å². The average molecular weight is 1230 g/mol. The Balaban J connectivity index is 0.00000623. The number of pyridine rings is 1. The normalized spacial score (nSPS) is 12.9. The first-order valence-corrected chi connectivity index (χ1v) is 27.8. The molecule has 0 unspecified atom stereocenters. The number of aromatic nitrogens is 2. The van der Waals surface area contributed by atoms with Gasteiger partial charge in [-0.15, -0.1) is 59.6 Å². The van der Waals surface area contributed by atoms with E-state index < -0.39 is 0 Å². The Morgan fingerprint density at radius 3 is 1.82 bits per heavy atom. The van der Waals surface area contributed by atoms with Crippen molar-refractivity contribution in [2.75, 3.05) is 9.80 Å². The van der Waals surface area contributed by atoms with E-state index in [2.05, 4.69) is 290 Å². The number of hydrogen-bond acceptors (Lipinski definition) is 5. The second kappa shape index (κ2) is 19.9. The van der Waals surface area contributed by atoms with Crippen molar-refractivity contribution in [1.29, 1.82) is 0 Å². The van der Waals surface area contributed by atoms with Gasteiger partial charge in [-0.1, -0.05) is 213 Å². The molecule has 0 fully saturated rings. The molecule has 3 aromatic heterocycles. The van der Waals surface area contributed by atoms with Crippen LogP contribution >= 0.6 is 11.3 Å². The third-order valence-electron chi connectivity index (χ3n) is 15.4. The molecule has 0 N–H and O–H groups in total. The molecular weight excluding hydrogens is 1160 g/mol. The first-order valence-electron chi connectivity index (χ1n) is 27.0. The third kappa shape index (κ3) is 9.43. The Morgan fingerprint density at radius 2 is 1.13 bits per heavy atom. The van der Waals surface area contributed by atoms with Crippen LogP contribution in [0.4, 0.5) is 22.7 Å². The number of hydrogen-bond donors (Lipinski definition) is 0. The number of rotatable bonds is 8. The fourth-order valence-corrected chi connectivity index (χ4v) is 12.4. The Kier molecular flexibility index (Phi) is 13.1. The van der Waals surface area contributed by atoms with Gasteiger partial charge < -0.3 is 19.1 Å². The van der Waals surface area contributed by atoms with Crippen LogP contribution < -0.4 is 14.5 Å². The van der Waals surface area contributed by atoms with E-state index in [0.29, 0.717) is 11.5 Å². The van der Waals surface area contributed by atoms with Crippen LogP contribution in [0.2, 0.25) is 0 Å². The predicted octanol–water partition coefficient (Wildman–Crippen LogP) is 20.2. The van der Waals surface area contributed by atoms with Crippen molar-refractivity contribution in [1.82, 2.24) is 9.55 Å². The zero-order chi connectivity index (χ0) is 53.7. The van der Waals surface area contributed by atoms with Crippen LogP contribution in [0, 0.1) is 18.8 Å². The molecule has 79 heavy (non-hydrogen) atoms. The molecule has 0 aliphatic carbocycles. The predicted molar refractivity (Wildman–Crippen MR) is 330 cm³/mol. The molecule has 0 bridgehead atoms. The van der Waals surface area contributed by atoms with Crippen LogP contribution in [0.25, 0.3) is 81.2 Å². The molecule has 4 heterocycles. The summed E-state index contributed by atoms with van der Waals surface area (Å²) in [5, 5.41) is 4.75. The van der Waals surface area contributed by atoms with Gasteiger partial charge in [-0.3, -0.25) is 0 Å². The molecule has 0 spiro atoms. The Labute approximate surface area is 483 Å². The number of fused-ring (bicyclic) bond motifs is 8. The van der Waals surface area contributed by atoms with Crippen molar-refractivity contribution < 1.29 is 25.8 Å². The van der Waals surface area contributed by atoms with Crippen LogP contribution in [0.5, 0.6) is 11.5 Å². The van der Waals surface area contributed by atoms with Crippen LogP contribution in [0.15, 0.2) is 200 Å². The minimum atomic E-state index is -0.0788. The molecule has 0 saturated carbocycles. The summed E-state index contributed by atoms with van der Waals surface area (Å²) in [5.41, 5.74) is 16.5. The van der Waals surface area contributed by atoms with Crippen LogP contribution in [-0.2, 0) is 37.3 Å². The topological polar surface area (TPSA) is 33.5 Å². The Morgan fingerprint density at radius 1 is 0.494 bits per heavy atom. The van der Waals surface area contributed by atoms with Crippen molar-refractivity contribution in [3.8, 4) is 50.7 Å². The van der Waals surface area contributed by atoms with E-state index >= 15 is 0 Å². The van der Waals surface area contributed by atoms with Crippen LogP contribution in [0.1, 0.15) is 79.0 Å². The molecule has 0 atom stereocenters. The van der Waals surface area contributed by atoms with Crippen molar-refractivity contribution in [3.63, 3.8) is 0 Å². The quantitative estimate of drug-likeness (QED) is 0.142. The molecule has 13 rings (SSSR count). The van der Waals surface area contributed by atoms with Gasteiger partial charge in [-0.25, -0.2) is 4.98 Å². The minimum absolute atomic E-state index is 0. The fraction of sp³-hybridized carbons (Fsp3) is 0.167. The maximum absolute atomic E-state index is 7.08. The van der Waals surface area contributed by atoms with Crippen molar-refractivity contribution in [3.05, 3.63) is 236 Å². The third-order valence-corrected chi connectivity index (χ3v) is 16.5. The van der Waals surface area contributed by atoms with Crippen molar-refractivity contribution >= 4 is 76.1 Å². The summed E-state index contributed by atoms with van der Waals surface area (Å²) >= 11 is 1.82. The number of anilines is 4. The minimum Gasteiger partial charge on any atom is -0.509 e. The molecule has 0 saturated heterocycles. The van der Waals surface area contributed by atoms with E-state index in [-0.39, 0.29) is 37.3 Å². The number of benzene rings is 9. The van der Waals surface area contributed by atoms with Gasteiger partial charge in [0, 0.05) is 81.7 Å². The van der Waals surface area contributed by atoms with Gasteiger partial charge in [-0.2, -0.15) is 6.07 Å². The van der Waals surface area contributed by atoms with Gasteiger partial charge in [0.2, 0.25) is 0 Å². The molecule has 0 amide bonds. The van der Waals surface area contributed by atoms with Crippen molar-refractivity contribution in [2.24, 2.45) is 0 Å². The monoisotopic (exact) mass is 1220 g/mol. The molecule has 12 aromatic rings. The van der Waals surface area contributed by atoms with Gasteiger partial charge in [-0.05, 0) is 90.7 Å². The van der Waals surface area contributed by atoms with Crippen LogP contribution in [-0.4, -0.2) is 9.55 Å². The number of nitrogens with zero attached hydrogens (tertiary/aromatic N) is 4. The molecule has 1 aliphatic rings. The maximum Gasteiger partial charge on any atom is 0.135 e. The second-order valence-electron chi connectivity index (χ2n) is 23.8. The van der Waals surface area contributed by atoms with E-state index in [9.17, 15) is 0 Å². The molecule has 0 radical (unpaired) electrons. The summed E-state index contributed by atoms with van der Waals surface area (Å²) in [6, 6.07) is 77.7. The van der Waals surface area contributed by atoms with E-state index in [4.69, 9.17) is 9.72 Å². The van der Waals surface area contributed by atoms with E-state index in [1.54, 1.807) is 0 Å². The number of ether oxygens (including phenoxy) is 1. The number of para-hydroxylation sites is 3. The van der Waals surface area contributed by atoms with Gasteiger partial charge in [0.05, 0.1) is 5.52 Å². The van der Waals surface area contributed by atoms with Gasteiger partial charge >= 0.3 is 0 Å². The van der Waals surface area contributed by atoms with Gasteiger partial charge in [0.25, 0.3) is 0 Å². The summed E-state index contributed by atoms with van der Waals surface area (Å²) < 4.78 is 11.8. The Hall–Kier alpha value is -7.76. The van der Waals surface area contributed by atoms with Gasteiger partial charge in [0.1, 0.15) is 5.82 Å². The Bertz CT molecular complexity index is 4260. The van der Waals surface area contributed by atoms with E-state index in [1.165, 1.54) is 47.8 Å². The van der Waals surface area contributed by atoms with E-state index in [0.717, 1.165) is 72.8 Å². The summed E-state index contributed by atoms with van der Waals surface area (Å²) in [6.07, 6.45) is 1.94. The molecule has 1 aliphatic heterocycles. The molecule has 7 heteroatoms. The van der Waals surface area contributed by atoms with E-state index in [1.807, 2.05) is 17.5 Å². The fourth-order valence-electron chi connectivity index (χ4n) is 11.1.